The summed E-state index contributed by atoms with van der Waals surface area (Å²) in [5.41, 5.74) is 2.14. The van der Waals surface area contributed by atoms with Gasteiger partial charge in [-0.2, -0.15) is 0 Å². The fourth-order valence-corrected chi connectivity index (χ4v) is 2.67. The van der Waals surface area contributed by atoms with Crippen LogP contribution in [0.15, 0.2) is 23.3 Å². The monoisotopic (exact) mass is 279 g/mol. The zero-order valence-corrected chi connectivity index (χ0v) is 13.1. The van der Waals surface area contributed by atoms with Crippen molar-refractivity contribution in [3.05, 3.63) is 23.3 Å². The molecule has 4 nitrogen and oxygen atoms in total. The number of morpholine rings is 1. The Labute approximate surface area is 121 Å². The lowest BCUT2D eigenvalue weighted by atomic mass is 9.90. The van der Waals surface area contributed by atoms with E-state index in [1.165, 1.54) is 11.1 Å². The molecule has 0 aromatic rings. The summed E-state index contributed by atoms with van der Waals surface area (Å²) >= 11 is 0. The second kappa shape index (κ2) is 5.60. The van der Waals surface area contributed by atoms with Gasteiger partial charge in [0, 0.05) is 0 Å². The van der Waals surface area contributed by atoms with Crippen LogP contribution in [-0.4, -0.2) is 41.9 Å². The topological polar surface area (TPSA) is 38.8 Å². The number of allylic oxidation sites excluding steroid dienone is 2. The lowest BCUT2D eigenvalue weighted by Gasteiger charge is -2.44. The maximum absolute atomic E-state index is 12.4. The first-order valence-corrected chi connectivity index (χ1v) is 7.25. The van der Waals surface area contributed by atoms with Crippen LogP contribution < -0.4 is 0 Å². The van der Waals surface area contributed by atoms with E-state index in [9.17, 15) is 4.79 Å². The third-order valence-corrected chi connectivity index (χ3v) is 3.74. The number of nitrogens with zero attached hydrogens (tertiary/aromatic N) is 1. The van der Waals surface area contributed by atoms with E-state index in [1.54, 1.807) is 0 Å². The quantitative estimate of drug-likeness (QED) is 0.739. The van der Waals surface area contributed by atoms with Crippen molar-refractivity contribution in [3.63, 3.8) is 0 Å². The van der Waals surface area contributed by atoms with Crippen LogP contribution in [-0.2, 0) is 9.47 Å². The Morgan fingerprint density at radius 2 is 2.15 bits per heavy atom. The van der Waals surface area contributed by atoms with Crippen molar-refractivity contribution in [2.45, 2.75) is 58.7 Å². The minimum absolute atomic E-state index is 0.0118. The van der Waals surface area contributed by atoms with Gasteiger partial charge in [-0.05, 0) is 46.6 Å². The lowest BCUT2D eigenvalue weighted by molar-refractivity contribution is -0.0532. The molecule has 0 aromatic heterocycles. The van der Waals surface area contributed by atoms with Gasteiger partial charge in [0.25, 0.3) is 0 Å². The molecular formula is C16H25NO3. The summed E-state index contributed by atoms with van der Waals surface area (Å²) in [5, 5.41) is 0. The van der Waals surface area contributed by atoms with Gasteiger partial charge in [0.15, 0.2) is 0 Å². The number of ether oxygens (including phenoxy) is 2. The van der Waals surface area contributed by atoms with E-state index in [4.69, 9.17) is 9.47 Å². The van der Waals surface area contributed by atoms with E-state index in [0.717, 1.165) is 6.42 Å². The molecule has 0 N–H and O–H groups in total. The van der Waals surface area contributed by atoms with Gasteiger partial charge >= 0.3 is 6.09 Å². The molecule has 0 radical (unpaired) electrons. The largest absolute Gasteiger partial charge is 0.444 e. The van der Waals surface area contributed by atoms with Crippen LogP contribution in [0.1, 0.15) is 41.0 Å². The van der Waals surface area contributed by atoms with Crippen LogP contribution in [0, 0.1) is 0 Å². The highest BCUT2D eigenvalue weighted by Crippen LogP contribution is 2.31. The Hall–Kier alpha value is -1.29. The van der Waals surface area contributed by atoms with Crippen molar-refractivity contribution < 1.29 is 14.3 Å². The van der Waals surface area contributed by atoms with Gasteiger partial charge in [0.2, 0.25) is 0 Å². The van der Waals surface area contributed by atoms with Crippen LogP contribution in [0.25, 0.3) is 0 Å². The first-order valence-electron chi connectivity index (χ1n) is 7.25. The Kier molecular flexibility index (Phi) is 4.23. The fraction of sp³-hybridized carbons (Fsp3) is 0.688. The van der Waals surface area contributed by atoms with E-state index in [2.05, 4.69) is 19.1 Å². The highest BCUT2D eigenvalue weighted by molar-refractivity contribution is 5.70. The molecular weight excluding hydrogens is 254 g/mol. The predicted octanol–water partition coefficient (Wildman–Crippen LogP) is 3.29. The van der Waals surface area contributed by atoms with Crippen molar-refractivity contribution in [1.29, 1.82) is 0 Å². The third-order valence-electron chi connectivity index (χ3n) is 3.74. The maximum Gasteiger partial charge on any atom is 0.411 e. The Balaban J connectivity index is 2.20. The molecule has 2 unspecified atom stereocenters. The van der Waals surface area contributed by atoms with Gasteiger partial charge in [-0.3, -0.25) is 4.90 Å². The van der Waals surface area contributed by atoms with Crippen LogP contribution in [0.2, 0.25) is 0 Å². The predicted molar refractivity (Wildman–Crippen MR) is 78.6 cm³/mol. The number of hydrogen-bond acceptors (Lipinski definition) is 3. The highest BCUT2D eigenvalue weighted by atomic mass is 16.6. The van der Waals surface area contributed by atoms with Gasteiger partial charge in [0.1, 0.15) is 5.60 Å². The van der Waals surface area contributed by atoms with Crippen molar-refractivity contribution in [2.24, 2.45) is 0 Å². The molecule has 0 aliphatic carbocycles. The molecule has 2 heterocycles. The summed E-state index contributed by atoms with van der Waals surface area (Å²) in [6, 6.07) is 0.0701. The fourth-order valence-electron chi connectivity index (χ4n) is 2.67. The molecule has 4 heteroatoms. The second-order valence-corrected chi connectivity index (χ2v) is 6.51. The molecule has 0 spiro atoms. The summed E-state index contributed by atoms with van der Waals surface area (Å²) in [7, 11) is 0. The van der Waals surface area contributed by atoms with Gasteiger partial charge in [-0.1, -0.05) is 17.7 Å². The first kappa shape index (κ1) is 15.1. The summed E-state index contributed by atoms with van der Waals surface area (Å²) in [5.74, 6) is 0. The molecule has 2 rings (SSSR count). The van der Waals surface area contributed by atoms with E-state index >= 15 is 0 Å². The molecule has 1 amide bonds. The van der Waals surface area contributed by atoms with Crippen molar-refractivity contribution in [2.75, 3.05) is 13.2 Å². The van der Waals surface area contributed by atoms with Gasteiger partial charge < -0.3 is 9.47 Å². The molecule has 1 saturated heterocycles. The summed E-state index contributed by atoms with van der Waals surface area (Å²) in [4.78, 5) is 14.2. The van der Waals surface area contributed by atoms with Crippen LogP contribution in [0.5, 0.6) is 0 Å². The number of amides is 1. The second-order valence-electron chi connectivity index (χ2n) is 6.51. The SMILES string of the molecule is CC=C(C)C1=CC2COCC(C1)N2C(=O)OC(C)(C)C. The van der Waals surface area contributed by atoms with Crippen LogP contribution in [0.4, 0.5) is 4.79 Å². The van der Waals surface area contributed by atoms with Crippen molar-refractivity contribution >= 4 is 6.09 Å². The highest BCUT2D eigenvalue weighted by Gasteiger charge is 2.39. The summed E-state index contributed by atoms with van der Waals surface area (Å²) in [6.45, 7) is 11.0. The lowest BCUT2D eigenvalue weighted by Crippen LogP contribution is -2.57. The minimum Gasteiger partial charge on any atom is -0.444 e. The van der Waals surface area contributed by atoms with Crippen LogP contribution >= 0.6 is 0 Å². The van der Waals surface area contributed by atoms with E-state index in [0.29, 0.717) is 13.2 Å². The molecule has 0 saturated carbocycles. The van der Waals surface area contributed by atoms with E-state index < -0.39 is 5.60 Å². The third kappa shape index (κ3) is 3.23. The van der Waals surface area contributed by atoms with Gasteiger partial charge in [-0.15, -0.1) is 0 Å². The number of fused-ring (bicyclic) bond motifs is 2. The van der Waals surface area contributed by atoms with E-state index in [1.807, 2.05) is 32.6 Å². The number of rotatable bonds is 1. The summed E-state index contributed by atoms with van der Waals surface area (Å²) in [6.07, 6.45) is 4.87. The molecule has 20 heavy (non-hydrogen) atoms. The molecule has 112 valence electrons. The Bertz CT molecular complexity index is 445. The first-order chi connectivity index (χ1) is 9.31. The smallest absolute Gasteiger partial charge is 0.411 e. The molecule has 2 bridgehead atoms. The zero-order chi connectivity index (χ0) is 14.9. The van der Waals surface area contributed by atoms with Crippen molar-refractivity contribution in [3.8, 4) is 0 Å². The summed E-state index contributed by atoms with van der Waals surface area (Å²) < 4.78 is 11.1. The van der Waals surface area contributed by atoms with Crippen molar-refractivity contribution in [1.82, 2.24) is 4.90 Å². The zero-order valence-electron chi connectivity index (χ0n) is 13.1. The number of hydrogen-bond donors (Lipinski definition) is 0. The maximum atomic E-state index is 12.4. The number of carbonyl (C=O) groups is 1. The Morgan fingerprint density at radius 1 is 1.45 bits per heavy atom. The number of carbonyl (C=O) groups excluding carboxylic acids is 1. The minimum atomic E-state index is -0.463. The standard InChI is InChI=1S/C16H25NO3/c1-6-11(2)12-7-13-9-19-10-14(8-12)17(13)15(18)20-16(3,4)5/h6-7,13-14H,8-10H2,1-5H3. The van der Waals surface area contributed by atoms with Crippen LogP contribution in [0.3, 0.4) is 0 Å². The Morgan fingerprint density at radius 3 is 2.70 bits per heavy atom. The molecule has 0 aromatic carbocycles. The molecule has 2 aliphatic rings. The normalized spacial score (nSPS) is 27.1. The molecule has 2 aliphatic heterocycles. The van der Waals surface area contributed by atoms with E-state index in [-0.39, 0.29) is 18.2 Å². The van der Waals surface area contributed by atoms with Gasteiger partial charge in [0.05, 0.1) is 25.3 Å². The molecule has 2 atom stereocenters. The molecule has 1 fully saturated rings. The average molecular weight is 279 g/mol. The van der Waals surface area contributed by atoms with Gasteiger partial charge in [-0.25, -0.2) is 4.79 Å². The average Bonchev–Trinajstić information content (AvgIpc) is 2.34.